The summed E-state index contributed by atoms with van der Waals surface area (Å²) in [6.45, 7) is 11.5. The third kappa shape index (κ3) is 2.85. The number of nitrogens with two attached hydrogens (primary N) is 1. The van der Waals surface area contributed by atoms with Crippen LogP contribution < -0.4 is 5.73 Å². The SMILES string of the molecule is CCN1CCN(C(C)c2ccc(N)cc2)CC1C. The molecule has 1 heterocycles. The van der Waals surface area contributed by atoms with E-state index in [0.29, 0.717) is 12.1 Å². The number of nitrogen functional groups attached to an aromatic ring is 1. The van der Waals surface area contributed by atoms with Gasteiger partial charge in [0.25, 0.3) is 0 Å². The molecule has 18 heavy (non-hydrogen) atoms. The van der Waals surface area contributed by atoms with Crippen LogP contribution in [0, 0.1) is 0 Å². The van der Waals surface area contributed by atoms with E-state index in [4.69, 9.17) is 5.73 Å². The van der Waals surface area contributed by atoms with Crippen LogP contribution >= 0.6 is 0 Å². The summed E-state index contributed by atoms with van der Waals surface area (Å²) >= 11 is 0. The number of piperazine rings is 1. The van der Waals surface area contributed by atoms with Crippen LogP contribution in [0.25, 0.3) is 0 Å². The lowest BCUT2D eigenvalue weighted by Crippen LogP contribution is -2.52. The van der Waals surface area contributed by atoms with Gasteiger partial charge in [-0.05, 0) is 38.1 Å². The summed E-state index contributed by atoms with van der Waals surface area (Å²) in [7, 11) is 0. The monoisotopic (exact) mass is 247 g/mol. The Labute approximate surface area is 111 Å². The molecule has 0 spiro atoms. The molecule has 2 rings (SSSR count). The summed E-state index contributed by atoms with van der Waals surface area (Å²) in [5.74, 6) is 0. The van der Waals surface area contributed by atoms with Gasteiger partial charge in [-0.25, -0.2) is 0 Å². The fourth-order valence-corrected chi connectivity index (χ4v) is 2.83. The molecule has 3 heteroatoms. The molecule has 1 saturated heterocycles. The van der Waals surface area contributed by atoms with Crippen LogP contribution in [0.3, 0.4) is 0 Å². The van der Waals surface area contributed by atoms with Gasteiger partial charge in [-0.1, -0.05) is 19.1 Å². The summed E-state index contributed by atoms with van der Waals surface area (Å²) in [6, 6.07) is 9.43. The van der Waals surface area contributed by atoms with Crippen LogP contribution in [-0.4, -0.2) is 42.0 Å². The topological polar surface area (TPSA) is 32.5 Å². The Balaban J connectivity index is 2.02. The molecule has 1 fully saturated rings. The Morgan fingerprint density at radius 1 is 1.28 bits per heavy atom. The zero-order valence-electron chi connectivity index (χ0n) is 11.8. The zero-order valence-corrected chi connectivity index (χ0v) is 11.8. The summed E-state index contributed by atoms with van der Waals surface area (Å²) < 4.78 is 0. The van der Waals surface area contributed by atoms with Crippen molar-refractivity contribution in [2.24, 2.45) is 0 Å². The first-order valence-corrected chi connectivity index (χ1v) is 6.95. The number of rotatable bonds is 3. The maximum Gasteiger partial charge on any atom is 0.0321 e. The van der Waals surface area contributed by atoms with E-state index >= 15 is 0 Å². The van der Waals surface area contributed by atoms with E-state index in [-0.39, 0.29) is 0 Å². The first-order valence-electron chi connectivity index (χ1n) is 6.95. The molecule has 1 aliphatic heterocycles. The number of nitrogens with zero attached hydrogens (tertiary/aromatic N) is 2. The molecule has 0 radical (unpaired) electrons. The lowest BCUT2D eigenvalue weighted by atomic mass is 10.0. The largest absolute Gasteiger partial charge is 0.399 e. The van der Waals surface area contributed by atoms with Crippen LogP contribution in [0.1, 0.15) is 32.4 Å². The van der Waals surface area contributed by atoms with Crippen molar-refractivity contribution in [3.63, 3.8) is 0 Å². The molecule has 2 atom stereocenters. The van der Waals surface area contributed by atoms with E-state index in [1.165, 1.54) is 12.1 Å². The molecule has 100 valence electrons. The Bertz CT molecular complexity index is 374. The standard InChI is InChI=1S/C15H25N3/c1-4-17-9-10-18(11-12(17)2)13(3)14-5-7-15(16)8-6-14/h5-8,12-13H,4,9-11,16H2,1-3H3. The Morgan fingerprint density at radius 3 is 2.50 bits per heavy atom. The predicted molar refractivity (Wildman–Crippen MR) is 77.6 cm³/mol. The zero-order chi connectivity index (χ0) is 13.1. The van der Waals surface area contributed by atoms with Gasteiger partial charge in [0.1, 0.15) is 0 Å². The van der Waals surface area contributed by atoms with E-state index in [9.17, 15) is 0 Å². The lowest BCUT2D eigenvalue weighted by Gasteiger charge is -2.42. The molecule has 0 saturated carbocycles. The summed E-state index contributed by atoms with van der Waals surface area (Å²) in [5.41, 5.74) is 7.95. The van der Waals surface area contributed by atoms with Crippen molar-refractivity contribution < 1.29 is 0 Å². The second kappa shape index (κ2) is 5.72. The molecule has 0 aliphatic carbocycles. The third-order valence-electron chi connectivity index (χ3n) is 4.17. The van der Waals surface area contributed by atoms with Crippen LogP contribution in [0.2, 0.25) is 0 Å². The molecular formula is C15H25N3. The van der Waals surface area contributed by atoms with Gasteiger partial charge < -0.3 is 5.73 Å². The van der Waals surface area contributed by atoms with Crippen molar-refractivity contribution >= 4 is 5.69 Å². The highest BCUT2D eigenvalue weighted by molar-refractivity contribution is 5.40. The minimum Gasteiger partial charge on any atom is -0.399 e. The third-order valence-corrected chi connectivity index (χ3v) is 4.17. The summed E-state index contributed by atoms with van der Waals surface area (Å²) in [4.78, 5) is 5.12. The maximum absolute atomic E-state index is 5.74. The second-order valence-corrected chi connectivity index (χ2v) is 5.32. The van der Waals surface area contributed by atoms with Gasteiger partial charge in [0.05, 0.1) is 0 Å². The van der Waals surface area contributed by atoms with Gasteiger partial charge in [0, 0.05) is 37.4 Å². The average molecular weight is 247 g/mol. The van der Waals surface area contributed by atoms with Crippen LogP contribution in [-0.2, 0) is 0 Å². The van der Waals surface area contributed by atoms with Gasteiger partial charge in [0.2, 0.25) is 0 Å². The van der Waals surface area contributed by atoms with E-state index in [1.807, 2.05) is 12.1 Å². The number of likely N-dealkylation sites (N-methyl/N-ethyl adjacent to an activating group) is 1. The minimum atomic E-state index is 0.479. The van der Waals surface area contributed by atoms with E-state index in [2.05, 4.69) is 42.7 Å². The average Bonchev–Trinajstić information content (AvgIpc) is 2.38. The van der Waals surface area contributed by atoms with Crippen molar-refractivity contribution in [3.8, 4) is 0 Å². The highest BCUT2D eigenvalue weighted by Gasteiger charge is 2.25. The summed E-state index contributed by atoms with van der Waals surface area (Å²) in [6.07, 6.45) is 0. The fraction of sp³-hybridized carbons (Fsp3) is 0.600. The van der Waals surface area contributed by atoms with Gasteiger partial charge in [-0.3, -0.25) is 9.80 Å². The van der Waals surface area contributed by atoms with Crippen molar-refractivity contribution in [1.82, 2.24) is 9.80 Å². The van der Waals surface area contributed by atoms with Gasteiger partial charge in [-0.2, -0.15) is 0 Å². The number of hydrogen-bond donors (Lipinski definition) is 1. The van der Waals surface area contributed by atoms with Crippen molar-refractivity contribution in [1.29, 1.82) is 0 Å². The molecule has 0 amide bonds. The Morgan fingerprint density at radius 2 is 1.94 bits per heavy atom. The highest BCUT2D eigenvalue weighted by atomic mass is 15.3. The van der Waals surface area contributed by atoms with E-state index in [1.54, 1.807) is 0 Å². The summed E-state index contributed by atoms with van der Waals surface area (Å²) in [5, 5.41) is 0. The first kappa shape index (κ1) is 13.4. The highest BCUT2D eigenvalue weighted by Crippen LogP contribution is 2.24. The predicted octanol–water partition coefficient (Wildman–Crippen LogP) is 2.36. The van der Waals surface area contributed by atoms with Crippen LogP contribution in [0.5, 0.6) is 0 Å². The normalized spacial score (nSPS) is 24.1. The quantitative estimate of drug-likeness (QED) is 0.832. The molecule has 1 aromatic rings. The number of benzene rings is 1. The van der Waals surface area contributed by atoms with Crippen molar-refractivity contribution in [2.45, 2.75) is 32.9 Å². The molecular weight excluding hydrogens is 222 g/mol. The van der Waals surface area contributed by atoms with E-state index < -0.39 is 0 Å². The molecule has 1 aliphatic rings. The van der Waals surface area contributed by atoms with Crippen molar-refractivity contribution in [2.75, 3.05) is 31.9 Å². The molecule has 0 aromatic heterocycles. The molecule has 2 unspecified atom stereocenters. The van der Waals surface area contributed by atoms with Crippen LogP contribution in [0.15, 0.2) is 24.3 Å². The van der Waals surface area contributed by atoms with Gasteiger partial charge in [0.15, 0.2) is 0 Å². The lowest BCUT2D eigenvalue weighted by molar-refractivity contribution is 0.0636. The molecule has 2 N–H and O–H groups in total. The molecule has 0 bridgehead atoms. The minimum absolute atomic E-state index is 0.479. The van der Waals surface area contributed by atoms with Gasteiger partial charge in [-0.15, -0.1) is 0 Å². The van der Waals surface area contributed by atoms with Crippen molar-refractivity contribution in [3.05, 3.63) is 29.8 Å². The first-order chi connectivity index (χ1) is 8.61. The second-order valence-electron chi connectivity index (χ2n) is 5.32. The smallest absolute Gasteiger partial charge is 0.0321 e. The van der Waals surface area contributed by atoms with E-state index in [0.717, 1.165) is 25.3 Å². The fourth-order valence-electron chi connectivity index (χ4n) is 2.83. The Hall–Kier alpha value is -1.06. The Kier molecular flexibility index (Phi) is 4.25. The van der Waals surface area contributed by atoms with Gasteiger partial charge >= 0.3 is 0 Å². The maximum atomic E-state index is 5.74. The van der Waals surface area contributed by atoms with Crippen LogP contribution in [0.4, 0.5) is 5.69 Å². The molecule has 3 nitrogen and oxygen atoms in total. The number of hydrogen-bond acceptors (Lipinski definition) is 3. The molecule has 1 aromatic carbocycles. The number of anilines is 1.